The maximum absolute atomic E-state index is 4.71. The van der Waals surface area contributed by atoms with Crippen LogP contribution < -0.4 is 10.6 Å². The standard InChI is InChI=1S/C24H22N4/c1-4-10-19(11-5-1)17-25-23-16-22(21-14-8-3-9-15-21)27-24(28-23)26-18-20-12-6-2-7-13-20/h1-16H,17-18H2,(H2,25,26,27,28). The van der Waals surface area contributed by atoms with E-state index in [2.05, 4.69) is 52.0 Å². The summed E-state index contributed by atoms with van der Waals surface area (Å²) in [5.74, 6) is 1.41. The highest BCUT2D eigenvalue weighted by Gasteiger charge is 2.07. The normalized spacial score (nSPS) is 10.4. The van der Waals surface area contributed by atoms with E-state index in [1.807, 2.05) is 60.7 Å². The van der Waals surface area contributed by atoms with Gasteiger partial charge < -0.3 is 10.6 Å². The van der Waals surface area contributed by atoms with E-state index in [-0.39, 0.29) is 0 Å². The van der Waals surface area contributed by atoms with Crippen LogP contribution in [-0.2, 0) is 13.1 Å². The Kier molecular flexibility index (Phi) is 5.59. The van der Waals surface area contributed by atoms with Gasteiger partial charge in [-0.15, -0.1) is 0 Å². The summed E-state index contributed by atoms with van der Waals surface area (Å²) >= 11 is 0. The van der Waals surface area contributed by atoms with Crippen LogP contribution >= 0.6 is 0 Å². The molecule has 3 aromatic carbocycles. The van der Waals surface area contributed by atoms with Crippen molar-refractivity contribution >= 4 is 11.8 Å². The highest BCUT2D eigenvalue weighted by atomic mass is 15.1. The summed E-state index contributed by atoms with van der Waals surface area (Å²) in [7, 11) is 0. The summed E-state index contributed by atoms with van der Waals surface area (Å²) in [6.07, 6.45) is 0. The Morgan fingerprint density at radius 2 is 1.11 bits per heavy atom. The molecule has 1 heterocycles. The zero-order valence-corrected chi connectivity index (χ0v) is 15.5. The van der Waals surface area contributed by atoms with E-state index in [1.165, 1.54) is 11.1 Å². The van der Waals surface area contributed by atoms with Gasteiger partial charge in [0.15, 0.2) is 0 Å². The quantitative estimate of drug-likeness (QED) is 0.462. The molecule has 4 rings (SSSR count). The second kappa shape index (κ2) is 8.82. The lowest BCUT2D eigenvalue weighted by Crippen LogP contribution is -2.08. The molecule has 0 atom stereocenters. The van der Waals surface area contributed by atoms with Crippen LogP contribution in [0.15, 0.2) is 97.1 Å². The molecule has 4 aromatic rings. The number of rotatable bonds is 7. The molecule has 0 fully saturated rings. The van der Waals surface area contributed by atoms with Crippen LogP contribution in [0.5, 0.6) is 0 Å². The third-order valence-corrected chi connectivity index (χ3v) is 4.41. The van der Waals surface area contributed by atoms with Gasteiger partial charge >= 0.3 is 0 Å². The molecule has 0 bridgehead atoms. The van der Waals surface area contributed by atoms with Crippen molar-refractivity contribution in [2.24, 2.45) is 0 Å². The van der Waals surface area contributed by atoms with Gasteiger partial charge in [-0.25, -0.2) is 4.98 Å². The van der Waals surface area contributed by atoms with Gasteiger partial charge in [-0.3, -0.25) is 0 Å². The largest absolute Gasteiger partial charge is 0.366 e. The van der Waals surface area contributed by atoms with Crippen LogP contribution in [0.3, 0.4) is 0 Å². The number of hydrogen-bond acceptors (Lipinski definition) is 4. The third-order valence-electron chi connectivity index (χ3n) is 4.41. The van der Waals surface area contributed by atoms with Crippen LogP contribution in [0.25, 0.3) is 11.3 Å². The van der Waals surface area contributed by atoms with Crippen LogP contribution in [0.1, 0.15) is 11.1 Å². The fourth-order valence-electron chi connectivity index (χ4n) is 2.94. The summed E-state index contributed by atoms with van der Waals surface area (Å²) in [6.45, 7) is 1.39. The third kappa shape index (κ3) is 4.74. The monoisotopic (exact) mass is 366 g/mol. The Labute approximate surface area is 165 Å². The number of anilines is 2. The molecule has 0 radical (unpaired) electrons. The van der Waals surface area contributed by atoms with Crippen molar-refractivity contribution < 1.29 is 0 Å². The van der Waals surface area contributed by atoms with Crippen molar-refractivity contribution in [1.29, 1.82) is 0 Å². The van der Waals surface area contributed by atoms with Gasteiger partial charge in [-0.1, -0.05) is 91.0 Å². The Morgan fingerprint density at radius 3 is 1.71 bits per heavy atom. The molecular formula is C24H22N4. The average molecular weight is 366 g/mol. The Bertz CT molecular complexity index is 941. The average Bonchev–Trinajstić information content (AvgIpc) is 2.78. The zero-order valence-electron chi connectivity index (χ0n) is 15.5. The molecule has 0 unspecified atom stereocenters. The van der Waals surface area contributed by atoms with Gasteiger partial charge in [0.2, 0.25) is 5.95 Å². The maximum Gasteiger partial charge on any atom is 0.225 e. The van der Waals surface area contributed by atoms with Gasteiger partial charge in [0.1, 0.15) is 5.82 Å². The summed E-state index contributed by atoms with van der Waals surface area (Å²) < 4.78 is 0. The molecule has 2 N–H and O–H groups in total. The van der Waals surface area contributed by atoms with Crippen molar-refractivity contribution in [2.75, 3.05) is 10.6 Å². The minimum Gasteiger partial charge on any atom is -0.366 e. The second-order valence-electron chi connectivity index (χ2n) is 6.51. The molecule has 4 nitrogen and oxygen atoms in total. The van der Waals surface area contributed by atoms with E-state index in [1.54, 1.807) is 0 Å². The molecule has 4 heteroatoms. The second-order valence-corrected chi connectivity index (χ2v) is 6.51. The topological polar surface area (TPSA) is 49.8 Å². The highest BCUT2D eigenvalue weighted by Crippen LogP contribution is 2.22. The molecule has 138 valence electrons. The number of aromatic nitrogens is 2. The molecule has 0 aliphatic rings. The molecule has 0 spiro atoms. The van der Waals surface area contributed by atoms with Crippen molar-refractivity contribution in [3.8, 4) is 11.3 Å². The molecule has 0 aliphatic carbocycles. The summed E-state index contributed by atoms with van der Waals surface area (Å²) in [5.41, 5.74) is 4.35. The number of hydrogen-bond donors (Lipinski definition) is 2. The molecule has 0 aliphatic heterocycles. The first kappa shape index (κ1) is 17.7. The predicted octanol–water partition coefficient (Wildman–Crippen LogP) is 5.37. The van der Waals surface area contributed by atoms with Crippen molar-refractivity contribution in [1.82, 2.24) is 9.97 Å². The predicted molar refractivity (Wildman–Crippen MR) is 115 cm³/mol. The van der Waals surface area contributed by atoms with Gasteiger partial charge in [0, 0.05) is 24.7 Å². The number of nitrogens with one attached hydrogen (secondary N) is 2. The fraction of sp³-hybridized carbons (Fsp3) is 0.0833. The van der Waals surface area contributed by atoms with E-state index >= 15 is 0 Å². The lowest BCUT2D eigenvalue weighted by atomic mass is 10.1. The van der Waals surface area contributed by atoms with E-state index < -0.39 is 0 Å². The van der Waals surface area contributed by atoms with Gasteiger partial charge in [-0.2, -0.15) is 4.98 Å². The number of nitrogens with zero attached hydrogens (tertiary/aromatic N) is 2. The van der Waals surface area contributed by atoms with Crippen molar-refractivity contribution in [2.45, 2.75) is 13.1 Å². The highest BCUT2D eigenvalue weighted by molar-refractivity contribution is 5.64. The molecule has 0 saturated heterocycles. The zero-order chi connectivity index (χ0) is 19.0. The summed E-state index contributed by atoms with van der Waals surface area (Å²) in [4.78, 5) is 9.37. The minimum atomic E-state index is 0.612. The first-order valence-corrected chi connectivity index (χ1v) is 9.37. The van der Waals surface area contributed by atoms with Gasteiger partial charge in [0.05, 0.1) is 5.69 Å². The molecule has 28 heavy (non-hydrogen) atoms. The molecule has 1 aromatic heterocycles. The van der Waals surface area contributed by atoms with Gasteiger partial charge in [-0.05, 0) is 11.1 Å². The Hall–Kier alpha value is -3.66. The lowest BCUT2D eigenvalue weighted by molar-refractivity contribution is 1.04. The first-order chi connectivity index (χ1) is 13.9. The minimum absolute atomic E-state index is 0.612. The van der Waals surface area contributed by atoms with Gasteiger partial charge in [0.25, 0.3) is 0 Å². The number of benzene rings is 3. The maximum atomic E-state index is 4.71. The van der Waals surface area contributed by atoms with E-state index in [4.69, 9.17) is 4.98 Å². The van der Waals surface area contributed by atoms with E-state index in [9.17, 15) is 0 Å². The van der Waals surface area contributed by atoms with Crippen LogP contribution in [0, 0.1) is 0 Å². The summed E-state index contributed by atoms with van der Waals surface area (Å²) in [6, 6.07) is 32.7. The summed E-state index contributed by atoms with van der Waals surface area (Å²) in [5, 5.41) is 6.77. The van der Waals surface area contributed by atoms with Crippen molar-refractivity contribution in [3.63, 3.8) is 0 Å². The molecule has 0 saturated carbocycles. The van der Waals surface area contributed by atoms with Crippen LogP contribution in [0.2, 0.25) is 0 Å². The van der Waals surface area contributed by atoms with E-state index in [0.717, 1.165) is 17.1 Å². The fourth-order valence-corrected chi connectivity index (χ4v) is 2.94. The first-order valence-electron chi connectivity index (χ1n) is 9.37. The lowest BCUT2D eigenvalue weighted by Gasteiger charge is -2.12. The molecular weight excluding hydrogens is 344 g/mol. The smallest absolute Gasteiger partial charge is 0.225 e. The Balaban J connectivity index is 1.57. The molecule has 0 amide bonds. The van der Waals surface area contributed by atoms with Crippen LogP contribution in [0.4, 0.5) is 11.8 Å². The van der Waals surface area contributed by atoms with E-state index in [0.29, 0.717) is 19.0 Å². The van der Waals surface area contributed by atoms with Crippen LogP contribution in [-0.4, -0.2) is 9.97 Å². The SMILES string of the molecule is c1ccc(CNc2cc(-c3ccccc3)nc(NCc3ccccc3)n2)cc1. The Morgan fingerprint density at radius 1 is 0.571 bits per heavy atom. The van der Waals surface area contributed by atoms with Crippen molar-refractivity contribution in [3.05, 3.63) is 108 Å².